The van der Waals surface area contributed by atoms with Crippen LogP contribution in [-0.2, 0) is 19.2 Å². The van der Waals surface area contributed by atoms with E-state index in [1.165, 1.54) is 0 Å². The number of allylic oxidation sites excluding steroid dienone is 2. The molecular formula is C13H13NO4. The second-order valence-electron chi connectivity index (χ2n) is 5.07. The van der Waals surface area contributed by atoms with E-state index in [4.69, 9.17) is 0 Å². The van der Waals surface area contributed by atoms with Crippen LogP contribution in [0.5, 0.6) is 0 Å². The van der Waals surface area contributed by atoms with Gasteiger partial charge in [0.2, 0.25) is 11.8 Å². The summed E-state index contributed by atoms with van der Waals surface area (Å²) in [5.74, 6) is -2.67. The number of carbonyl (C=O) groups is 4. The van der Waals surface area contributed by atoms with Gasteiger partial charge < -0.3 is 0 Å². The fourth-order valence-corrected chi connectivity index (χ4v) is 3.18. The van der Waals surface area contributed by atoms with Crippen molar-refractivity contribution in [2.45, 2.75) is 32.1 Å². The largest absolute Gasteiger partial charge is 0.296 e. The zero-order chi connectivity index (χ0) is 12.9. The predicted molar refractivity (Wildman–Crippen MR) is 60.3 cm³/mol. The van der Waals surface area contributed by atoms with Crippen LogP contribution in [0.15, 0.2) is 11.1 Å². The highest BCUT2D eigenvalue weighted by Crippen LogP contribution is 2.41. The minimum absolute atomic E-state index is 0.179. The third-order valence-electron chi connectivity index (χ3n) is 4.06. The van der Waals surface area contributed by atoms with Crippen molar-refractivity contribution in [1.82, 2.24) is 5.32 Å². The highest BCUT2D eigenvalue weighted by atomic mass is 16.2. The van der Waals surface area contributed by atoms with Gasteiger partial charge in [0, 0.05) is 17.6 Å². The zero-order valence-electron chi connectivity index (χ0n) is 9.82. The molecule has 0 spiro atoms. The first-order chi connectivity index (χ1) is 8.59. The maximum absolute atomic E-state index is 12.2. The van der Waals surface area contributed by atoms with Crippen molar-refractivity contribution in [3.8, 4) is 0 Å². The maximum Gasteiger partial charge on any atom is 0.230 e. The SMILES string of the molecule is O=C1CCC(C2C(=O)C3=C(CCC3)C2=O)C(=O)N1. The summed E-state index contributed by atoms with van der Waals surface area (Å²) in [6.07, 6.45) is 2.67. The van der Waals surface area contributed by atoms with Crippen LogP contribution in [0, 0.1) is 11.8 Å². The number of imide groups is 1. The zero-order valence-corrected chi connectivity index (χ0v) is 9.82. The number of ketones is 2. The lowest BCUT2D eigenvalue weighted by Gasteiger charge is -2.24. The first kappa shape index (κ1) is 11.3. The van der Waals surface area contributed by atoms with Crippen molar-refractivity contribution in [1.29, 1.82) is 0 Å². The van der Waals surface area contributed by atoms with Crippen molar-refractivity contribution < 1.29 is 19.2 Å². The summed E-state index contributed by atoms with van der Waals surface area (Å²) in [6.45, 7) is 0. The summed E-state index contributed by atoms with van der Waals surface area (Å²) in [5.41, 5.74) is 1.27. The average molecular weight is 247 g/mol. The van der Waals surface area contributed by atoms with Gasteiger partial charge in [-0.2, -0.15) is 0 Å². The Morgan fingerprint density at radius 3 is 2.06 bits per heavy atom. The lowest BCUT2D eigenvalue weighted by atomic mass is 9.80. The fourth-order valence-electron chi connectivity index (χ4n) is 3.18. The third-order valence-corrected chi connectivity index (χ3v) is 4.06. The lowest BCUT2D eigenvalue weighted by Crippen LogP contribution is -2.46. The Hall–Kier alpha value is -1.78. The molecule has 1 fully saturated rings. The highest BCUT2D eigenvalue weighted by molar-refractivity contribution is 6.26. The van der Waals surface area contributed by atoms with Gasteiger partial charge in [0.25, 0.3) is 0 Å². The summed E-state index contributed by atoms with van der Waals surface area (Å²) >= 11 is 0. The Bertz CT molecular complexity index is 491. The number of rotatable bonds is 1. The molecule has 1 aliphatic heterocycles. The van der Waals surface area contributed by atoms with Crippen LogP contribution in [0.3, 0.4) is 0 Å². The molecule has 1 unspecified atom stereocenters. The van der Waals surface area contributed by atoms with Gasteiger partial charge in [-0.1, -0.05) is 0 Å². The smallest absolute Gasteiger partial charge is 0.230 e. The van der Waals surface area contributed by atoms with Gasteiger partial charge in [-0.15, -0.1) is 0 Å². The molecule has 2 amide bonds. The Balaban J connectivity index is 1.87. The molecule has 5 heteroatoms. The molecule has 1 saturated heterocycles. The molecule has 2 aliphatic carbocycles. The summed E-state index contributed by atoms with van der Waals surface area (Å²) in [6, 6.07) is 0. The Morgan fingerprint density at radius 2 is 1.50 bits per heavy atom. The Kier molecular flexibility index (Phi) is 2.43. The summed E-state index contributed by atoms with van der Waals surface area (Å²) in [7, 11) is 0. The van der Waals surface area contributed by atoms with Crippen LogP contribution >= 0.6 is 0 Å². The van der Waals surface area contributed by atoms with Gasteiger partial charge in [0.05, 0.1) is 11.8 Å². The number of hydrogen-bond acceptors (Lipinski definition) is 4. The van der Waals surface area contributed by atoms with E-state index in [2.05, 4.69) is 5.32 Å². The van der Waals surface area contributed by atoms with Gasteiger partial charge in [0.1, 0.15) is 0 Å². The van der Waals surface area contributed by atoms with Crippen molar-refractivity contribution in [3.63, 3.8) is 0 Å². The van der Waals surface area contributed by atoms with E-state index in [1.54, 1.807) is 0 Å². The molecular weight excluding hydrogens is 234 g/mol. The minimum Gasteiger partial charge on any atom is -0.296 e. The molecule has 18 heavy (non-hydrogen) atoms. The molecule has 0 aromatic carbocycles. The van der Waals surface area contributed by atoms with Crippen molar-refractivity contribution in [2.24, 2.45) is 11.8 Å². The van der Waals surface area contributed by atoms with E-state index in [9.17, 15) is 19.2 Å². The minimum atomic E-state index is -0.858. The topological polar surface area (TPSA) is 80.3 Å². The predicted octanol–water partition coefficient (Wildman–Crippen LogP) is 0.288. The van der Waals surface area contributed by atoms with E-state index in [1.807, 2.05) is 0 Å². The molecule has 0 bridgehead atoms. The van der Waals surface area contributed by atoms with Gasteiger partial charge in [0.15, 0.2) is 11.6 Å². The van der Waals surface area contributed by atoms with Crippen LogP contribution < -0.4 is 5.32 Å². The molecule has 1 atom stereocenters. The number of piperidine rings is 1. The lowest BCUT2D eigenvalue weighted by molar-refractivity contribution is -0.143. The highest BCUT2D eigenvalue weighted by Gasteiger charge is 2.49. The van der Waals surface area contributed by atoms with Crippen LogP contribution in [0.1, 0.15) is 32.1 Å². The van der Waals surface area contributed by atoms with Crippen molar-refractivity contribution in [3.05, 3.63) is 11.1 Å². The molecule has 0 aromatic heterocycles. The van der Waals surface area contributed by atoms with Crippen LogP contribution in [0.25, 0.3) is 0 Å². The van der Waals surface area contributed by atoms with Crippen LogP contribution in [0.2, 0.25) is 0 Å². The first-order valence-electron chi connectivity index (χ1n) is 6.23. The van der Waals surface area contributed by atoms with Crippen LogP contribution in [-0.4, -0.2) is 23.4 Å². The van der Waals surface area contributed by atoms with E-state index in [-0.39, 0.29) is 23.9 Å². The molecule has 0 saturated carbocycles. The van der Waals surface area contributed by atoms with E-state index < -0.39 is 17.7 Å². The normalized spacial score (nSPS) is 29.0. The van der Waals surface area contributed by atoms with Gasteiger partial charge >= 0.3 is 0 Å². The van der Waals surface area contributed by atoms with Gasteiger partial charge in [-0.3, -0.25) is 24.5 Å². The number of hydrogen-bond donors (Lipinski definition) is 1. The molecule has 1 N–H and O–H groups in total. The molecule has 94 valence electrons. The quantitative estimate of drug-likeness (QED) is 0.533. The monoisotopic (exact) mass is 247 g/mol. The fraction of sp³-hybridized carbons (Fsp3) is 0.538. The molecule has 3 aliphatic rings. The maximum atomic E-state index is 12.2. The first-order valence-corrected chi connectivity index (χ1v) is 6.23. The standard InChI is InChI=1S/C13H13NO4/c15-9-5-4-8(13(18)14-9)10-11(16)6-2-1-3-7(6)12(10)17/h8,10H,1-5H2,(H,14,15,18). The molecule has 1 heterocycles. The third kappa shape index (κ3) is 1.46. The van der Waals surface area contributed by atoms with Gasteiger partial charge in [-0.25, -0.2) is 0 Å². The number of nitrogens with one attached hydrogen (secondary N) is 1. The van der Waals surface area contributed by atoms with E-state index in [0.29, 0.717) is 30.4 Å². The Morgan fingerprint density at radius 1 is 0.889 bits per heavy atom. The summed E-state index contributed by atoms with van der Waals surface area (Å²) in [5, 5.41) is 2.21. The number of amides is 2. The van der Waals surface area contributed by atoms with E-state index >= 15 is 0 Å². The van der Waals surface area contributed by atoms with Crippen LogP contribution in [0.4, 0.5) is 0 Å². The summed E-state index contributed by atoms with van der Waals surface area (Å²) < 4.78 is 0. The number of Topliss-reactive ketones (excluding diaryl/α,β-unsaturated/α-hetero) is 2. The van der Waals surface area contributed by atoms with Gasteiger partial charge in [-0.05, 0) is 25.7 Å². The average Bonchev–Trinajstić information content (AvgIpc) is 2.87. The second kappa shape index (κ2) is 3.86. The number of carbonyl (C=O) groups excluding carboxylic acids is 4. The molecule has 0 radical (unpaired) electrons. The molecule has 0 aromatic rings. The molecule has 5 nitrogen and oxygen atoms in total. The summed E-state index contributed by atoms with van der Waals surface area (Å²) in [4.78, 5) is 47.2. The molecule has 3 rings (SSSR count). The van der Waals surface area contributed by atoms with E-state index in [0.717, 1.165) is 6.42 Å². The van der Waals surface area contributed by atoms with Crippen molar-refractivity contribution >= 4 is 23.4 Å². The second-order valence-corrected chi connectivity index (χ2v) is 5.07. The Labute approximate surface area is 104 Å². The van der Waals surface area contributed by atoms with Crippen molar-refractivity contribution in [2.75, 3.05) is 0 Å².